The number of halogens is 6. The molecule has 0 bridgehead atoms. The van der Waals surface area contributed by atoms with Crippen LogP contribution in [0.4, 0.5) is 128 Å². The van der Waals surface area contributed by atoms with E-state index >= 15 is 0 Å². The number of amides is 4. The second-order valence-electron chi connectivity index (χ2n) is 26.6. The van der Waals surface area contributed by atoms with Crippen LogP contribution in [0.3, 0.4) is 0 Å². The van der Waals surface area contributed by atoms with E-state index in [1.165, 1.54) is 52.5 Å². The van der Waals surface area contributed by atoms with Gasteiger partial charge in [0, 0.05) is 127 Å². The van der Waals surface area contributed by atoms with Crippen LogP contribution in [0.25, 0.3) is 0 Å². The molecule has 0 spiro atoms. The number of carbonyl (C=O) groups is 4. The number of hydrogen-bond acceptors (Lipinski definition) is 27. The van der Waals surface area contributed by atoms with Gasteiger partial charge in [0.2, 0.25) is 23.8 Å². The van der Waals surface area contributed by atoms with Gasteiger partial charge in [0.1, 0.15) is 45.2 Å². The molecule has 12 heterocycles. The van der Waals surface area contributed by atoms with Gasteiger partial charge in [0.05, 0.1) is 39.7 Å². The summed E-state index contributed by atoms with van der Waals surface area (Å²) in [5, 5.41) is 22.9. The minimum absolute atomic E-state index is 0.0186. The lowest BCUT2D eigenvalue weighted by Crippen LogP contribution is -2.48. The van der Waals surface area contributed by atoms with Gasteiger partial charge in [-0.25, -0.2) is 29.9 Å². The Balaban J connectivity index is 0.000000144. The Morgan fingerprint density at radius 2 is 0.881 bits per heavy atom. The Labute approximate surface area is 636 Å². The predicted molar refractivity (Wildman–Crippen MR) is 414 cm³/mol. The first-order valence-corrected chi connectivity index (χ1v) is 37.4. The summed E-state index contributed by atoms with van der Waals surface area (Å²) in [6.45, 7) is 18.8. The van der Waals surface area contributed by atoms with Gasteiger partial charge >= 0.3 is 12.4 Å². The molecule has 6 aliphatic heterocycles. The van der Waals surface area contributed by atoms with Crippen LogP contribution in [0.5, 0.6) is 0 Å². The molecule has 0 saturated carbocycles. The number of likely N-dealkylation sites (N-methyl/N-ethyl adjacent to an activating group) is 1. The number of piperidine rings is 1. The molecule has 0 aliphatic carbocycles. The molecule has 109 heavy (non-hydrogen) atoms. The zero-order valence-electron chi connectivity index (χ0n) is 61.1. The summed E-state index contributed by atoms with van der Waals surface area (Å²) in [6, 6.07) is 21.7. The lowest BCUT2D eigenvalue weighted by atomic mass is 10.1. The van der Waals surface area contributed by atoms with E-state index in [9.17, 15) is 50.6 Å². The fraction of sp³-hybridized carbons (Fsp3) is 0.375. The highest BCUT2D eigenvalue weighted by Gasteiger charge is 2.43. The van der Waals surface area contributed by atoms with Crippen LogP contribution >= 0.6 is 34.0 Å². The number of fused-ring (bicyclic) bond motifs is 6. The van der Waals surface area contributed by atoms with Crippen LogP contribution in [0.15, 0.2) is 98.0 Å². The first kappa shape index (κ1) is 76.3. The second kappa shape index (κ2) is 31.4. The number of hydrogen-bond donors (Lipinski definition) is 4. The molecule has 28 nitrogen and oxygen atoms in total. The molecule has 6 aliphatic rings. The van der Waals surface area contributed by atoms with Crippen molar-refractivity contribution < 1.29 is 50.6 Å². The number of alkyl halides is 6. The average molecular weight is 1560 g/mol. The molecular formula is C72H79F6N23O5S3. The quantitative estimate of drug-likeness (QED) is 0.0616. The number of benzene rings is 3. The molecule has 3 fully saturated rings. The van der Waals surface area contributed by atoms with Gasteiger partial charge in [-0.2, -0.15) is 41.3 Å². The van der Waals surface area contributed by atoms with Crippen molar-refractivity contribution >= 4 is 159 Å². The molecule has 0 atom stereocenters. The Morgan fingerprint density at radius 3 is 1.28 bits per heavy atom. The summed E-state index contributed by atoms with van der Waals surface area (Å²) in [7, 11) is 7.31. The standard InChI is InChI=1S/C26H30N8O2S.C23H25F3N8OS.C23H24F3N7O2S/c1-6-21(35)33-12-10-32(11-13-33)18-8-9-19(16(3)14-18)29-26-27-15-20-23(30-26)31(5)25-22(28-17(4)37-25)24(36)34(20)7-2;1-14-28-18-20(35)34(13-23(24,25)26)17-12-27-22(30-19(17)32(3)21(18)36-14)29-15-4-6-16(7-5-15)33-10-8-31(2)9-11-33;1-13-28-18-20(35)33(12-23(24,25)26)17-11-27-22(30-19(17)31(2)21(18)36-13)29-14-3-5-15(6-4-14)32-9-7-16(34)8-10-32/h6,8-9,14-15H,1,7,10-13H2,2-5H3,(H,27,29,30);4-7,12H,8-11,13H2,1-3H3,(H,27,29,30);3-6,11,16,34H,7-10,12H2,1-2H3,(H,27,29,30). The number of nitrogens with one attached hydrogen (secondary N) is 3. The maximum atomic E-state index is 13.4. The number of carbonyl (C=O) groups excluding carboxylic acids is 4. The van der Waals surface area contributed by atoms with Crippen molar-refractivity contribution in [1.29, 1.82) is 0 Å². The Kier molecular flexibility index (Phi) is 22.0. The SMILES string of the molecule is C=CC(=O)N1CCN(c2ccc(Nc3ncc4c(n3)N(C)c3sc(C)nc3C(=O)N4CC)c(C)c2)CC1.Cc1nc2c(s1)N(C)c1nc(Nc3ccc(N4CCC(O)CC4)cc3)ncc1N(CC(F)(F)F)C2=O.Cc1nc2c(s1)N(C)c1nc(Nc3ccc(N4CCN(C)CC4)cc3)ncc1N(CC(F)(F)F)C2=O. The highest BCUT2D eigenvalue weighted by atomic mass is 32.1. The zero-order chi connectivity index (χ0) is 77.5. The number of aliphatic hydroxyl groups is 1. The minimum Gasteiger partial charge on any atom is -0.393 e. The summed E-state index contributed by atoms with van der Waals surface area (Å²) in [4.78, 5) is 110. The summed E-state index contributed by atoms with van der Waals surface area (Å²) >= 11 is 3.91. The predicted octanol–water partition coefficient (Wildman–Crippen LogP) is 12.1. The van der Waals surface area contributed by atoms with E-state index in [0.29, 0.717) is 78.3 Å². The molecule has 4 N–H and O–H groups in total. The number of piperazine rings is 2. The van der Waals surface area contributed by atoms with Crippen molar-refractivity contribution in [3.63, 3.8) is 0 Å². The zero-order valence-corrected chi connectivity index (χ0v) is 63.5. The number of aryl methyl sites for hydroxylation is 4. The molecule has 572 valence electrons. The normalized spacial score (nSPS) is 16.2. The van der Waals surface area contributed by atoms with E-state index in [4.69, 9.17) is 4.98 Å². The molecule has 37 heteroatoms. The molecule has 0 unspecified atom stereocenters. The summed E-state index contributed by atoms with van der Waals surface area (Å²) in [5.41, 5.74) is 7.61. The van der Waals surface area contributed by atoms with Crippen molar-refractivity contribution in [2.24, 2.45) is 0 Å². The van der Waals surface area contributed by atoms with Crippen LogP contribution in [-0.2, 0) is 4.79 Å². The van der Waals surface area contributed by atoms with Gasteiger partial charge in [-0.05, 0) is 133 Å². The number of rotatable bonds is 13. The first-order valence-electron chi connectivity index (χ1n) is 35.0. The number of anilines is 18. The number of aromatic nitrogens is 9. The first-order chi connectivity index (χ1) is 52.0. The van der Waals surface area contributed by atoms with Crippen LogP contribution in [0.2, 0.25) is 0 Å². The third kappa shape index (κ3) is 16.7. The summed E-state index contributed by atoms with van der Waals surface area (Å²) in [5.74, 6) is -0.00749. The van der Waals surface area contributed by atoms with Crippen LogP contribution in [0.1, 0.15) is 71.8 Å². The third-order valence-electron chi connectivity index (χ3n) is 19.0. The molecule has 6 aromatic heterocycles. The topological polar surface area (TPSA) is 276 Å². The van der Waals surface area contributed by atoms with Gasteiger partial charge in [0.25, 0.3) is 17.7 Å². The largest absolute Gasteiger partial charge is 0.406 e. The van der Waals surface area contributed by atoms with Gasteiger partial charge in [-0.15, -0.1) is 34.0 Å². The fourth-order valence-electron chi connectivity index (χ4n) is 13.3. The van der Waals surface area contributed by atoms with Gasteiger partial charge < -0.3 is 65.2 Å². The Morgan fingerprint density at radius 1 is 0.514 bits per heavy atom. The van der Waals surface area contributed by atoms with Crippen LogP contribution < -0.4 is 60.0 Å². The van der Waals surface area contributed by atoms with E-state index < -0.39 is 37.3 Å². The molecule has 4 amide bonds. The highest BCUT2D eigenvalue weighted by molar-refractivity contribution is 7.17. The number of aliphatic hydroxyl groups excluding tert-OH is 1. The van der Waals surface area contributed by atoms with Crippen molar-refractivity contribution in [3.8, 4) is 0 Å². The lowest BCUT2D eigenvalue weighted by Gasteiger charge is -2.36. The molecule has 15 rings (SSSR count). The van der Waals surface area contributed by atoms with E-state index in [0.717, 1.165) is 109 Å². The molecular weight excluding hydrogens is 1480 g/mol. The fourth-order valence-corrected chi connectivity index (χ4v) is 15.9. The van der Waals surface area contributed by atoms with E-state index in [2.05, 4.69) is 101 Å². The van der Waals surface area contributed by atoms with Gasteiger partial charge in [0.15, 0.2) is 34.5 Å². The van der Waals surface area contributed by atoms with Crippen LogP contribution in [0, 0.1) is 27.7 Å². The molecule has 0 radical (unpaired) electrons. The van der Waals surface area contributed by atoms with Crippen LogP contribution in [-0.4, -0.2) is 215 Å². The lowest BCUT2D eigenvalue weighted by molar-refractivity contribution is -0.126. The van der Waals surface area contributed by atoms with Gasteiger partial charge in [-0.1, -0.05) is 6.58 Å². The molecule has 9 aromatic rings. The summed E-state index contributed by atoms with van der Waals surface area (Å²) < 4.78 is 80.3. The van der Waals surface area contributed by atoms with E-state index in [-0.39, 0.29) is 64.2 Å². The third-order valence-corrected chi connectivity index (χ3v) is 22.1. The van der Waals surface area contributed by atoms with Crippen molar-refractivity contribution in [1.82, 2.24) is 54.7 Å². The highest BCUT2D eigenvalue weighted by Crippen LogP contribution is 2.46. The van der Waals surface area contributed by atoms with E-state index in [1.54, 1.807) is 48.8 Å². The van der Waals surface area contributed by atoms with Crippen molar-refractivity contribution in [2.45, 2.75) is 65.9 Å². The maximum Gasteiger partial charge on any atom is 0.406 e. The number of nitrogens with zero attached hydrogens (tertiary/aromatic N) is 20. The van der Waals surface area contributed by atoms with Gasteiger partial charge in [-0.3, -0.25) is 29.0 Å². The number of thiazole rings is 3. The molecule has 3 saturated heterocycles. The van der Waals surface area contributed by atoms with Crippen molar-refractivity contribution in [3.05, 3.63) is 136 Å². The van der Waals surface area contributed by atoms with Crippen molar-refractivity contribution in [2.75, 3.05) is 173 Å². The van der Waals surface area contributed by atoms with E-state index in [1.807, 2.05) is 92.2 Å². The monoisotopic (exact) mass is 1560 g/mol. The Hall–Kier alpha value is -10.9. The Bertz CT molecular complexity index is 4690. The second-order valence-corrected chi connectivity index (χ2v) is 30.1. The summed E-state index contributed by atoms with van der Waals surface area (Å²) in [6.07, 6.45) is -2.49. The average Bonchev–Trinajstić information content (AvgIpc) is 1.63. The maximum absolute atomic E-state index is 13.4. The smallest absolute Gasteiger partial charge is 0.393 e. The molecule has 3 aromatic carbocycles. The minimum atomic E-state index is -4.62.